The van der Waals surface area contributed by atoms with Crippen molar-refractivity contribution in [3.63, 3.8) is 0 Å². The molecule has 5 rings (SSSR count). The fraction of sp³-hybridized carbons (Fsp3) is 0.167. The Morgan fingerprint density at radius 1 is 1.00 bits per heavy atom. The highest BCUT2D eigenvalue weighted by molar-refractivity contribution is 5.93. The van der Waals surface area contributed by atoms with Gasteiger partial charge in [-0.3, -0.25) is 14.6 Å². The van der Waals surface area contributed by atoms with Crippen LogP contribution in [0.1, 0.15) is 27.0 Å². The summed E-state index contributed by atoms with van der Waals surface area (Å²) in [4.78, 5) is 40.5. The van der Waals surface area contributed by atoms with E-state index in [1.54, 1.807) is 42.9 Å². The Bertz CT molecular complexity index is 1700. The van der Waals surface area contributed by atoms with Crippen LogP contribution in [-0.4, -0.2) is 44.4 Å². The van der Waals surface area contributed by atoms with Gasteiger partial charge in [0.25, 0.3) is 11.5 Å². The summed E-state index contributed by atoms with van der Waals surface area (Å²) in [7, 11) is 4.03. The molecule has 0 saturated carbocycles. The summed E-state index contributed by atoms with van der Waals surface area (Å²) < 4.78 is 16.7. The van der Waals surface area contributed by atoms with Crippen LogP contribution in [0.2, 0.25) is 0 Å². The molecule has 2 aromatic carbocycles. The van der Waals surface area contributed by atoms with Crippen molar-refractivity contribution >= 4 is 28.4 Å². The van der Waals surface area contributed by atoms with E-state index in [4.69, 9.17) is 0 Å². The summed E-state index contributed by atoms with van der Waals surface area (Å²) >= 11 is 0. The normalized spacial score (nSPS) is 11.1. The molecule has 202 valence electrons. The number of nitrogens with one attached hydrogen (secondary N) is 2. The van der Waals surface area contributed by atoms with Gasteiger partial charge in [0.2, 0.25) is 5.95 Å². The lowest BCUT2D eigenvalue weighted by Crippen LogP contribution is -2.32. The summed E-state index contributed by atoms with van der Waals surface area (Å²) in [6.45, 7) is 1.02. The number of nitrogens with zero attached hydrogens (tertiary/aromatic N) is 5. The first-order valence-electron chi connectivity index (χ1n) is 12.7. The Morgan fingerprint density at radius 2 is 1.82 bits per heavy atom. The third kappa shape index (κ3) is 6.19. The van der Waals surface area contributed by atoms with Crippen molar-refractivity contribution < 1.29 is 9.18 Å². The van der Waals surface area contributed by atoms with E-state index in [1.165, 1.54) is 22.4 Å². The highest BCUT2D eigenvalue weighted by Gasteiger charge is 2.15. The van der Waals surface area contributed by atoms with Crippen LogP contribution in [0.3, 0.4) is 0 Å². The first-order chi connectivity index (χ1) is 19.4. The number of benzene rings is 2. The molecule has 40 heavy (non-hydrogen) atoms. The number of hydrogen-bond acceptors (Lipinski definition) is 7. The maximum atomic E-state index is 15.3. The number of fused-ring (bicyclic) bond motifs is 1. The highest BCUT2D eigenvalue weighted by atomic mass is 19.1. The molecule has 10 heteroatoms. The standard InChI is InChI=1S/C30H28FN7O2/c1-37(2)18-20-7-10-23(11-8-20)35-30-34-17-25-26(36-30)12-9-22(27(25)31)16-33-28(39)24-6-4-14-38(29(24)40)19-21-5-3-13-32-15-21/h3-15,17H,16,18-19H2,1-2H3,(H,33,39)(H,34,35,36). The lowest BCUT2D eigenvalue weighted by molar-refractivity contribution is 0.0948. The van der Waals surface area contributed by atoms with Gasteiger partial charge in [-0.2, -0.15) is 0 Å². The molecule has 0 aliphatic rings. The predicted molar refractivity (Wildman–Crippen MR) is 152 cm³/mol. The van der Waals surface area contributed by atoms with Crippen molar-refractivity contribution in [2.45, 2.75) is 19.6 Å². The number of carbonyl (C=O) groups excluding carboxylic acids is 1. The second-order valence-electron chi connectivity index (χ2n) is 9.62. The molecule has 9 nitrogen and oxygen atoms in total. The second-order valence-corrected chi connectivity index (χ2v) is 9.62. The van der Waals surface area contributed by atoms with Crippen LogP contribution in [0, 0.1) is 5.82 Å². The van der Waals surface area contributed by atoms with E-state index in [1.807, 2.05) is 44.4 Å². The molecule has 0 fully saturated rings. The minimum atomic E-state index is -0.586. The average Bonchev–Trinajstić information content (AvgIpc) is 2.95. The number of aromatic nitrogens is 4. The van der Waals surface area contributed by atoms with Gasteiger partial charge in [0.1, 0.15) is 11.4 Å². The quantitative estimate of drug-likeness (QED) is 0.292. The van der Waals surface area contributed by atoms with Gasteiger partial charge in [0, 0.05) is 49.1 Å². The SMILES string of the molecule is CN(C)Cc1ccc(Nc2ncc3c(F)c(CNC(=O)c4cccn(Cc5cccnc5)c4=O)ccc3n2)cc1. The van der Waals surface area contributed by atoms with Gasteiger partial charge < -0.3 is 20.1 Å². The van der Waals surface area contributed by atoms with Gasteiger partial charge in [-0.15, -0.1) is 0 Å². The Balaban J connectivity index is 1.26. The van der Waals surface area contributed by atoms with Crippen molar-refractivity contribution in [3.05, 3.63) is 124 Å². The molecule has 0 bridgehead atoms. The number of anilines is 2. The molecule has 1 amide bonds. The third-order valence-electron chi connectivity index (χ3n) is 6.27. The number of rotatable bonds is 9. The number of carbonyl (C=O) groups is 1. The van der Waals surface area contributed by atoms with Gasteiger partial charge >= 0.3 is 0 Å². The van der Waals surface area contributed by atoms with Crippen molar-refractivity contribution in [3.8, 4) is 0 Å². The van der Waals surface area contributed by atoms with Gasteiger partial charge in [-0.25, -0.2) is 14.4 Å². The number of pyridine rings is 2. The first kappa shape index (κ1) is 26.6. The summed E-state index contributed by atoms with van der Waals surface area (Å²) in [5.74, 6) is -0.767. The topological polar surface area (TPSA) is 105 Å². The molecule has 0 unspecified atom stereocenters. The Hall–Kier alpha value is -4.96. The molecule has 0 spiro atoms. The van der Waals surface area contributed by atoms with Crippen LogP contribution < -0.4 is 16.2 Å². The summed E-state index contributed by atoms with van der Waals surface area (Å²) in [6, 6.07) is 17.9. The van der Waals surface area contributed by atoms with E-state index in [9.17, 15) is 9.59 Å². The van der Waals surface area contributed by atoms with Gasteiger partial charge in [0.05, 0.1) is 17.4 Å². The van der Waals surface area contributed by atoms with E-state index in [0.29, 0.717) is 11.5 Å². The van der Waals surface area contributed by atoms with E-state index >= 15 is 4.39 Å². The average molecular weight is 538 g/mol. The molecule has 0 atom stereocenters. The van der Waals surface area contributed by atoms with E-state index < -0.39 is 17.3 Å². The molecule has 0 aliphatic carbocycles. The summed E-state index contributed by atoms with van der Waals surface area (Å²) in [5.41, 5.74) is 3.05. The van der Waals surface area contributed by atoms with Crippen LogP contribution in [0.4, 0.5) is 16.0 Å². The molecule has 5 aromatic rings. The second kappa shape index (κ2) is 11.8. The van der Waals surface area contributed by atoms with Crippen LogP contribution in [-0.2, 0) is 19.6 Å². The fourth-order valence-electron chi connectivity index (χ4n) is 4.29. The van der Waals surface area contributed by atoms with Crippen molar-refractivity contribution in [1.82, 2.24) is 29.7 Å². The Morgan fingerprint density at radius 3 is 2.58 bits per heavy atom. The number of halogens is 1. The minimum absolute atomic E-state index is 0.0265. The van der Waals surface area contributed by atoms with E-state index in [0.717, 1.165) is 17.8 Å². The lowest BCUT2D eigenvalue weighted by Gasteiger charge is -2.11. The molecule has 0 saturated heterocycles. The zero-order valence-corrected chi connectivity index (χ0v) is 22.1. The molecule has 3 heterocycles. The summed E-state index contributed by atoms with van der Waals surface area (Å²) in [5, 5.41) is 6.03. The largest absolute Gasteiger partial charge is 0.348 e. The fourth-order valence-corrected chi connectivity index (χ4v) is 4.29. The zero-order valence-electron chi connectivity index (χ0n) is 22.1. The summed E-state index contributed by atoms with van der Waals surface area (Å²) in [6.07, 6.45) is 6.34. The van der Waals surface area contributed by atoms with Crippen molar-refractivity contribution in [1.29, 1.82) is 0 Å². The smallest absolute Gasteiger partial charge is 0.263 e. The number of hydrogen-bond donors (Lipinski definition) is 2. The van der Waals surface area contributed by atoms with Crippen LogP contribution in [0.5, 0.6) is 0 Å². The maximum Gasteiger partial charge on any atom is 0.263 e. The van der Waals surface area contributed by atoms with Gasteiger partial charge in [0.15, 0.2) is 0 Å². The first-order valence-corrected chi connectivity index (χ1v) is 12.7. The minimum Gasteiger partial charge on any atom is -0.348 e. The molecule has 2 N–H and O–H groups in total. The van der Waals surface area contributed by atoms with Gasteiger partial charge in [-0.05, 0) is 61.6 Å². The maximum absolute atomic E-state index is 15.3. The van der Waals surface area contributed by atoms with Gasteiger partial charge in [-0.1, -0.05) is 24.3 Å². The van der Waals surface area contributed by atoms with Crippen molar-refractivity contribution in [2.24, 2.45) is 0 Å². The Kier molecular flexibility index (Phi) is 7.88. The monoisotopic (exact) mass is 537 g/mol. The molecule has 3 aromatic heterocycles. The van der Waals surface area contributed by atoms with Crippen LogP contribution in [0.25, 0.3) is 10.9 Å². The van der Waals surface area contributed by atoms with Crippen LogP contribution >= 0.6 is 0 Å². The Labute approximate surface area is 230 Å². The number of amides is 1. The highest BCUT2D eigenvalue weighted by Crippen LogP contribution is 2.22. The zero-order chi connectivity index (χ0) is 28.1. The molecular weight excluding hydrogens is 509 g/mol. The molecule has 0 aliphatic heterocycles. The van der Waals surface area contributed by atoms with E-state index in [2.05, 4.69) is 30.5 Å². The molecular formula is C30H28FN7O2. The predicted octanol–water partition coefficient (Wildman–Crippen LogP) is 4.11. The van der Waals surface area contributed by atoms with Crippen LogP contribution in [0.15, 0.2) is 90.2 Å². The molecule has 0 radical (unpaired) electrons. The lowest BCUT2D eigenvalue weighted by atomic mass is 10.1. The van der Waals surface area contributed by atoms with Crippen molar-refractivity contribution in [2.75, 3.05) is 19.4 Å². The third-order valence-corrected chi connectivity index (χ3v) is 6.27. The van der Waals surface area contributed by atoms with E-state index in [-0.39, 0.29) is 29.6 Å².